The van der Waals surface area contributed by atoms with Gasteiger partial charge in [0.15, 0.2) is 9.84 Å². The molecule has 1 unspecified atom stereocenters. The Bertz CT molecular complexity index is 697. The van der Waals surface area contributed by atoms with Crippen LogP contribution in [0.2, 0.25) is 0 Å². The molecular formula is C18H25NO3S. The van der Waals surface area contributed by atoms with Gasteiger partial charge >= 0.3 is 0 Å². The van der Waals surface area contributed by atoms with Crippen LogP contribution in [0.1, 0.15) is 38.3 Å². The van der Waals surface area contributed by atoms with Crippen LogP contribution in [0.5, 0.6) is 0 Å². The third kappa shape index (κ3) is 4.67. The Morgan fingerprint density at radius 2 is 1.83 bits per heavy atom. The van der Waals surface area contributed by atoms with E-state index in [9.17, 15) is 13.2 Å². The molecule has 1 saturated heterocycles. The highest BCUT2D eigenvalue weighted by atomic mass is 32.2. The lowest BCUT2D eigenvalue weighted by atomic mass is 9.87. The number of hydrogen-bond donors (Lipinski definition) is 0. The molecule has 0 aromatic heterocycles. The van der Waals surface area contributed by atoms with Gasteiger partial charge in [0.1, 0.15) is 0 Å². The van der Waals surface area contributed by atoms with E-state index < -0.39 is 9.84 Å². The first-order valence-corrected chi connectivity index (χ1v) is 9.66. The van der Waals surface area contributed by atoms with Crippen molar-refractivity contribution in [3.63, 3.8) is 0 Å². The van der Waals surface area contributed by atoms with E-state index >= 15 is 0 Å². The Morgan fingerprint density at radius 3 is 2.30 bits per heavy atom. The van der Waals surface area contributed by atoms with E-state index in [1.54, 1.807) is 13.1 Å². The van der Waals surface area contributed by atoms with Crippen LogP contribution >= 0.6 is 0 Å². The van der Waals surface area contributed by atoms with Crippen molar-refractivity contribution in [3.05, 3.63) is 41.5 Å². The minimum absolute atomic E-state index is 0.0728. The molecule has 0 saturated carbocycles. The van der Waals surface area contributed by atoms with Gasteiger partial charge in [-0.05, 0) is 29.0 Å². The molecular weight excluding hydrogens is 310 g/mol. The van der Waals surface area contributed by atoms with Crippen molar-refractivity contribution < 1.29 is 13.2 Å². The van der Waals surface area contributed by atoms with Crippen LogP contribution in [0, 0.1) is 0 Å². The van der Waals surface area contributed by atoms with Crippen LogP contribution in [0.15, 0.2) is 30.3 Å². The summed E-state index contributed by atoms with van der Waals surface area (Å²) in [5.41, 5.74) is 2.31. The fourth-order valence-electron chi connectivity index (χ4n) is 2.64. The van der Waals surface area contributed by atoms with Crippen molar-refractivity contribution in [2.75, 3.05) is 18.6 Å². The maximum absolute atomic E-state index is 12.2. The van der Waals surface area contributed by atoms with E-state index in [0.717, 1.165) is 5.56 Å². The molecule has 1 aliphatic heterocycles. The fraction of sp³-hybridized carbons (Fsp3) is 0.500. The Labute approximate surface area is 139 Å². The maximum atomic E-state index is 12.2. The zero-order valence-electron chi connectivity index (χ0n) is 14.2. The molecule has 2 rings (SSSR count). The second-order valence-electron chi connectivity index (χ2n) is 7.21. The molecule has 1 amide bonds. The normalized spacial score (nSPS) is 20.8. The van der Waals surface area contributed by atoms with Crippen LogP contribution < -0.4 is 0 Å². The Morgan fingerprint density at radius 1 is 1.22 bits per heavy atom. The molecule has 1 aromatic rings. The molecule has 1 aromatic carbocycles. The summed E-state index contributed by atoms with van der Waals surface area (Å²) in [6.07, 6.45) is 3.81. The number of hydrogen-bond acceptors (Lipinski definition) is 3. The minimum Gasteiger partial charge on any atom is -0.338 e. The van der Waals surface area contributed by atoms with Gasteiger partial charge < -0.3 is 4.90 Å². The Balaban J connectivity index is 2.01. The molecule has 4 nitrogen and oxygen atoms in total. The number of amides is 1. The SMILES string of the molecule is CN(C(=O)/C=C/c1ccc(C(C)(C)C)cc1)C1CCS(=O)(=O)C1. The quantitative estimate of drug-likeness (QED) is 0.798. The lowest BCUT2D eigenvalue weighted by Gasteiger charge is -2.21. The van der Waals surface area contributed by atoms with Gasteiger partial charge in [-0.1, -0.05) is 45.0 Å². The number of carbonyl (C=O) groups excluding carboxylic acids is 1. The highest BCUT2D eigenvalue weighted by Gasteiger charge is 2.31. The van der Waals surface area contributed by atoms with Crippen LogP contribution in [-0.4, -0.2) is 43.8 Å². The summed E-state index contributed by atoms with van der Waals surface area (Å²) in [6.45, 7) is 6.48. The van der Waals surface area contributed by atoms with Gasteiger partial charge in [-0.3, -0.25) is 4.79 Å². The molecule has 1 atom stereocenters. The smallest absolute Gasteiger partial charge is 0.246 e. The van der Waals surface area contributed by atoms with Crippen molar-refractivity contribution in [1.29, 1.82) is 0 Å². The number of carbonyl (C=O) groups is 1. The number of nitrogens with zero attached hydrogens (tertiary/aromatic N) is 1. The van der Waals surface area contributed by atoms with Crippen LogP contribution in [0.25, 0.3) is 6.08 Å². The summed E-state index contributed by atoms with van der Waals surface area (Å²) in [5.74, 6) is 0.0865. The number of likely N-dealkylation sites (N-methyl/N-ethyl adjacent to an activating group) is 1. The molecule has 1 aliphatic rings. The highest BCUT2D eigenvalue weighted by molar-refractivity contribution is 7.91. The maximum Gasteiger partial charge on any atom is 0.246 e. The average molecular weight is 335 g/mol. The topological polar surface area (TPSA) is 54.5 Å². The van der Waals surface area contributed by atoms with Crippen molar-refractivity contribution in [3.8, 4) is 0 Å². The summed E-state index contributed by atoms with van der Waals surface area (Å²) >= 11 is 0. The third-order valence-corrected chi connectivity index (χ3v) is 6.05. The van der Waals surface area contributed by atoms with Gasteiger partial charge in [0.2, 0.25) is 5.91 Å². The molecule has 1 fully saturated rings. The van der Waals surface area contributed by atoms with Crippen LogP contribution in [-0.2, 0) is 20.0 Å². The van der Waals surface area contributed by atoms with Gasteiger partial charge in [0.05, 0.1) is 11.5 Å². The van der Waals surface area contributed by atoms with E-state index in [-0.39, 0.29) is 28.9 Å². The minimum atomic E-state index is -2.98. The average Bonchev–Trinajstić information content (AvgIpc) is 2.83. The molecule has 126 valence electrons. The predicted molar refractivity (Wildman–Crippen MR) is 94.0 cm³/mol. The van der Waals surface area contributed by atoms with Gasteiger partial charge in [0.25, 0.3) is 0 Å². The molecule has 23 heavy (non-hydrogen) atoms. The lowest BCUT2D eigenvalue weighted by molar-refractivity contribution is -0.126. The van der Waals surface area contributed by atoms with Crippen molar-refractivity contribution in [2.45, 2.75) is 38.6 Å². The number of benzene rings is 1. The second kappa shape index (κ2) is 6.48. The second-order valence-corrected chi connectivity index (χ2v) is 9.44. The van der Waals surface area contributed by atoms with Crippen molar-refractivity contribution >= 4 is 21.8 Å². The standard InChI is InChI=1S/C18H25NO3S/c1-18(2,3)15-8-5-14(6-9-15)7-10-17(20)19(4)16-11-12-23(21,22)13-16/h5-10,16H,11-13H2,1-4H3/b10-7+. The van der Waals surface area contributed by atoms with E-state index in [4.69, 9.17) is 0 Å². The fourth-order valence-corrected chi connectivity index (χ4v) is 4.41. The molecule has 0 spiro atoms. The molecule has 0 radical (unpaired) electrons. The first-order chi connectivity index (χ1) is 10.6. The molecule has 5 heteroatoms. The molecule has 0 aliphatic carbocycles. The number of rotatable bonds is 3. The van der Waals surface area contributed by atoms with Gasteiger partial charge in [-0.2, -0.15) is 0 Å². The lowest BCUT2D eigenvalue weighted by Crippen LogP contribution is -2.36. The van der Waals surface area contributed by atoms with E-state index in [2.05, 4.69) is 32.9 Å². The van der Waals surface area contributed by atoms with E-state index in [1.165, 1.54) is 16.5 Å². The highest BCUT2D eigenvalue weighted by Crippen LogP contribution is 2.22. The zero-order chi connectivity index (χ0) is 17.3. The Hall–Kier alpha value is -1.62. The first-order valence-electron chi connectivity index (χ1n) is 7.84. The molecule has 0 bridgehead atoms. The monoisotopic (exact) mass is 335 g/mol. The van der Waals surface area contributed by atoms with Crippen molar-refractivity contribution in [1.82, 2.24) is 4.90 Å². The number of sulfone groups is 1. The summed E-state index contributed by atoms with van der Waals surface area (Å²) in [7, 11) is -1.31. The van der Waals surface area contributed by atoms with E-state index in [0.29, 0.717) is 6.42 Å². The molecule has 0 N–H and O–H groups in total. The Kier molecular flexibility index (Phi) is 4.99. The van der Waals surface area contributed by atoms with Gasteiger partial charge in [-0.15, -0.1) is 0 Å². The van der Waals surface area contributed by atoms with Crippen LogP contribution in [0.4, 0.5) is 0 Å². The van der Waals surface area contributed by atoms with Crippen molar-refractivity contribution in [2.24, 2.45) is 0 Å². The summed E-state index contributed by atoms with van der Waals surface area (Å²) in [6, 6.07) is 7.91. The zero-order valence-corrected chi connectivity index (χ0v) is 15.1. The third-order valence-electron chi connectivity index (χ3n) is 4.30. The largest absolute Gasteiger partial charge is 0.338 e. The summed E-state index contributed by atoms with van der Waals surface area (Å²) < 4.78 is 23.0. The predicted octanol–water partition coefficient (Wildman–Crippen LogP) is 2.64. The summed E-state index contributed by atoms with van der Waals surface area (Å²) in [5, 5.41) is 0. The summed E-state index contributed by atoms with van der Waals surface area (Å²) in [4.78, 5) is 13.7. The van der Waals surface area contributed by atoms with Gasteiger partial charge in [-0.25, -0.2) is 8.42 Å². The van der Waals surface area contributed by atoms with E-state index in [1.807, 2.05) is 12.1 Å². The first kappa shape index (κ1) is 17.7. The van der Waals surface area contributed by atoms with Crippen LogP contribution in [0.3, 0.4) is 0 Å². The van der Waals surface area contributed by atoms with Gasteiger partial charge in [0, 0.05) is 19.2 Å². The molecule has 1 heterocycles.